The number of halogens is 6. The fourth-order valence-corrected chi connectivity index (χ4v) is 3.63. The third-order valence-corrected chi connectivity index (χ3v) is 5.63. The summed E-state index contributed by atoms with van der Waals surface area (Å²) in [4.78, 5) is 21.1. The Kier molecular flexibility index (Phi) is 30.0. The summed E-state index contributed by atoms with van der Waals surface area (Å²) in [5.74, 6) is -1.85. The van der Waals surface area contributed by atoms with E-state index in [9.17, 15) is 23.6 Å². The van der Waals surface area contributed by atoms with Crippen molar-refractivity contribution in [2.45, 2.75) is 19.4 Å². The first-order valence-electron chi connectivity index (χ1n) is 10.5. The fourth-order valence-electron chi connectivity index (χ4n) is 2.56. The van der Waals surface area contributed by atoms with Crippen LogP contribution in [0.4, 0.5) is 8.78 Å². The van der Waals surface area contributed by atoms with Crippen molar-refractivity contribution in [3.05, 3.63) is 56.0 Å². The minimum absolute atomic E-state index is 0. The average Bonchev–Trinajstić information content (AvgIpc) is 2.92. The number of esters is 2. The number of aliphatic hydroxyl groups excluding tert-OH is 1. The van der Waals surface area contributed by atoms with E-state index in [1.807, 2.05) is 5.48 Å². The van der Waals surface area contributed by atoms with E-state index in [2.05, 4.69) is 46.1 Å². The maximum atomic E-state index is 13.6. The topological polar surface area (TPSA) is 156 Å². The molecule has 0 saturated heterocycles. The number of nitrogens with one attached hydrogen (secondary N) is 1. The van der Waals surface area contributed by atoms with Crippen molar-refractivity contribution < 1.29 is 87.1 Å². The van der Waals surface area contributed by atoms with Crippen LogP contribution in [0.25, 0.3) is 0 Å². The van der Waals surface area contributed by atoms with Crippen LogP contribution >= 0.6 is 31.9 Å². The summed E-state index contributed by atoms with van der Waals surface area (Å²) in [6.45, 7) is -0.238. The van der Waals surface area contributed by atoms with Crippen molar-refractivity contribution in [2.24, 2.45) is 0 Å². The second-order valence-electron chi connectivity index (χ2n) is 6.78. The van der Waals surface area contributed by atoms with Crippen LogP contribution in [-0.4, -0.2) is 118 Å². The minimum atomic E-state index is -1.44. The molecule has 0 spiro atoms. The Hall–Kier alpha value is -1.05. The van der Waals surface area contributed by atoms with E-state index in [0.717, 1.165) is 6.21 Å². The molecule has 1 unspecified atom stereocenters. The van der Waals surface area contributed by atoms with Crippen LogP contribution < -0.4 is 39.8 Å². The zero-order chi connectivity index (χ0) is 30.1. The van der Waals surface area contributed by atoms with E-state index in [1.54, 1.807) is 6.07 Å². The van der Waals surface area contributed by atoms with Crippen LogP contribution in [0.2, 0.25) is 0 Å². The van der Waals surface area contributed by atoms with Crippen LogP contribution in [0.1, 0.15) is 11.1 Å². The Morgan fingerprint density at radius 3 is 1.74 bits per heavy atom. The van der Waals surface area contributed by atoms with Gasteiger partial charge in [0.15, 0.2) is 0 Å². The van der Waals surface area contributed by atoms with Crippen LogP contribution in [0.3, 0.4) is 0 Å². The van der Waals surface area contributed by atoms with Gasteiger partial charge >= 0.3 is 49.7 Å². The van der Waals surface area contributed by atoms with E-state index < -0.39 is 29.9 Å². The normalized spacial score (nSPS) is 10.4. The summed E-state index contributed by atoms with van der Waals surface area (Å²) >= 11 is 6.41. The summed E-state index contributed by atoms with van der Waals surface area (Å²) in [6, 6.07) is 5.58. The monoisotopic (exact) mass is 799 g/mol. The molecule has 2 aromatic carbocycles. The van der Waals surface area contributed by atoms with Gasteiger partial charge in [-0.05, 0) is 60.9 Å². The first kappa shape index (κ1) is 47.9. The number of nitrogens with zero attached hydrogens (tertiary/aromatic N) is 1. The molecule has 19 heteroatoms. The number of carbonyl (C=O) groups excluding carboxylic acids is 2. The molecule has 0 heterocycles. The molecule has 0 aliphatic rings. The molecule has 0 aliphatic heterocycles. The quantitative estimate of drug-likeness (QED) is 0.0381. The molecule has 42 heavy (non-hydrogen) atoms. The van der Waals surface area contributed by atoms with Crippen molar-refractivity contribution in [1.29, 1.82) is 0 Å². The Bertz CT molecular complexity index is 1140. The number of hydrogen-bond acceptors (Lipinski definition) is 11. The number of carbonyl (C=O) groups is 2. The average molecular weight is 802 g/mol. The van der Waals surface area contributed by atoms with E-state index in [4.69, 9.17) is 19.8 Å². The molecule has 0 fully saturated rings. The number of hydroxylamine groups is 2. The van der Waals surface area contributed by atoms with Gasteiger partial charge < -0.3 is 58.8 Å². The Morgan fingerprint density at radius 1 is 0.929 bits per heavy atom. The van der Waals surface area contributed by atoms with Crippen molar-refractivity contribution in [2.75, 3.05) is 35.5 Å². The number of hydrogen-bond donors (Lipinski definition) is 4. The molecule has 234 valence electrons. The van der Waals surface area contributed by atoms with Crippen molar-refractivity contribution in [3.8, 4) is 11.5 Å². The zero-order valence-corrected chi connectivity index (χ0v) is 29.9. The maximum Gasteiger partial charge on any atom is 2.00 e. The summed E-state index contributed by atoms with van der Waals surface area (Å²) in [6.07, 6.45) is -0.639. The third kappa shape index (κ3) is 16.7. The van der Waals surface area contributed by atoms with Crippen molar-refractivity contribution >= 4 is 87.8 Å². The molecule has 0 aromatic heterocycles. The van der Waals surface area contributed by atoms with Gasteiger partial charge in [0, 0.05) is 12.7 Å². The molecule has 0 amide bonds. The molecule has 0 aliphatic carbocycles. The van der Waals surface area contributed by atoms with E-state index in [1.165, 1.54) is 53.7 Å². The molecular formula is C23H29Br2CaCl2F2N2O10+. The Labute approximate surface area is 300 Å². The molecule has 12 nitrogen and oxygen atoms in total. The summed E-state index contributed by atoms with van der Waals surface area (Å²) < 4.78 is 51.1. The van der Waals surface area contributed by atoms with Crippen molar-refractivity contribution in [1.82, 2.24) is 5.48 Å². The second kappa shape index (κ2) is 26.4. The van der Waals surface area contributed by atoms with Gasteiger partial charge in [0.1, 0.15) is 23.1 Å². The van der Waals surface area contributed by atoms with Crippen LogP contribution in [0.15, 0.2) is 33.2 Å². The minimum Gasteiger partial charge on any atom is -1.00 e. The molecule has 0 radical (unpaired) electrons. The first-order chi connectivity index (χ1) is 18.4. The molecule has 0 saturated carbocycles. The van der Waals surface area contributed by atoms with Gasteiger partial charge in [-0.25, -0.2) is 23.9 Å². The Balaban J connectivity index is -0.000000267. The number of aliphatic hydroxyl groups is 1. The molecule has 4 N–H and O–H groups in total. The van der Waals surface area contributed by atoms with Crippen LogP contribution in [0, 0.1) is 11.6 Å². The predicted octanol–water partition coefficient (Wildman–Crippen LogP) is -3.43. The largest absolute Gasteiger partial charge is 2.00 e. The summed E-state index contributed by atoms with van der Waals surface area (Å²) in [5.41, 5.74) is 2.30. The smallest absolute Gasteiger partial charge is 1.00 e. The third-order valence-electron chi connectivity index (χ3n) is 4.38. The van der Waals surface area contributed by atoms with E-state index in [-0.39, 0.29) is 87.0 Å². The Morgan fingerprint density at radius 2 is 1.38 bits per heavy atom. The van der Waals surface area contributed by atoms with Gasteiger partial charge in [-0.15, -0.1) is 0 Å². The maximum absolute atomic E-state index is 13.6. The van der Waals surface area contributed by atoms with Gasteiger partial charge in [0.25, 0.3) is 12.5 Å². The van der Waals surface area contributed by atoms with Crippen LogP contribution in [0.5, 0.6) is 11.5 Å². The molecular weight excluding hydrogens is 773 g/mol. The summed E-state index contributed by atoms with van der Waals surface area (Å²) in [7, 11) is 6.38. The van der Waals surface area contributed by atoms with Gasteiger partial charge in [0.05, 0.1) is 49.5 Å². The van der Waals surface area contributed by atoms with Gasteiger partial charge in [-0.1, -0.05) is 0 Å². The number of methoxy groups -OCH3 is 5. The molecule has 0 bridgehead atoms. The van der Waals surface area contributed by atoms with Gasteiger partial charge in [0.2, 0.25) is 6.54 Å². The SMILES string of the molecule is COC(=O)/C=[N+](\O)Cc1c(F)ccc(Br)c1OC.COC(=O)C(O)OC.COc1c(Br)ccc(F)c1CNO.[Ca+2].[Cl-].[Cl-]. The number of rotatable bonds is 9. The van der Waals surface area contributed by atoms with E-state index >= 15 is 0 Å². The molecule has 2 aromatic rings. The van der Waals surface area contributed by atoms with E-state index in [0.29, 0.717) is 25.0 Å². The standard InChI is InChI=1S/C11H12BrFNO4.C8H9BrFNO2.C4H8O4.Ca.2ClH/c1-17-10(15)6-14(16)5-7-9(13)4-3-8(12)11(7)18-2;1-13-8-5(4-11-12)7(10)3-2-6(8)9;1-7-3(5)4(6)8-2;;;/h3-4,6,16H,5H2,1-2H3;2-3,11-12H,4H2,1H3;3,5H,1-2H3;;2*1H/q+1;;;+2;;/p-2/b14-6-;;;;;. The number of benzene rings is 2. The second-order valence-corrected chi connectivity index (χ2v) is 8.49. The summed E-state index contributed by atoms with van der Waals surface area (Å²) in [5, 5.41) is 26.4. The first-order valence-corrected chi connectivity index (χ1v) is 12.1. The van der Waals surface area contributed by atoms with Crippen molar-refractivity contribution in [3.63, 3.8) is 0 Å². The van der Waals surface area contributed by atoms with Gasteiger partial charge in [-0.3, -0.25) is 5.21 Å². The zero-order valence-electron chi connectivity index (χ0n) is 23.0. The predicted molar refractivity (Wildman–Crippen MR) is 145 cm³/mol. The molecule has 2 rings (SSSR count). The van der Waals surface area contributed by atoms with Crippen LogP contribution in [-0.2, 0) is 36.9 Å². The number of ether oxygens (including phenoxy) is 5. The van der Waals surface area contributed by atoms with Gasteiger partial charge in [-0.2, -0.15) is 0 Å². The molecule has 1 atom stereocenters. The fraction of sp³-hybridized carbons (Fsp3) is 0.348.